The molecule has 20 heavy (non-hydrogen) atoms. The fraction of sp³-hybridized carbons (Fsp3) is 0.533. The zero-order chi connectivity index (χ0) is 14.4. The average Bonchev–Trinajstić information content (AvgIpc) is 2.50. The first kappa shape index (κ1) is 14.5. The number of anilines is 1. The monoisotopic (exact) mass is 276 g/mol. The summed E-state index contributed by atoms with van der Waals surface area (Å²) in [6.45, 7) is 2.12. The van der Waals surface area contributed by atoms with Crippen molar-refractivity contribution in [3.05, 3.63) is 34.7 Å². The second-order valence-electron chi connectivity index (χ2n) is 4.99. The van der Waals surface area contributed by atoms with Crippen LogP contribution in [0.2, 0.25) is 0 Å². The van der Waals surface area contributed by atoms with Crippen molar-refractivity contribution in [3.63, 3.8) is 0 Å². The van der Waals surface area contributed by atoms with Crippen molar-refractivity contribution in [2.45, 2.75) is 45.1 Å². The molecule has 5 nitrogen and oxygen atoms in total. The average molecular weight is 276 g/mol. The van der Waals surface area contributed by atoms with E-state index in [4.69, 9.17) is 4.74 Å². The zero-order valence-electron chi connectivity index (χ0n) is 11.7. The summed E-state index contributed by atoms with van der Waals surface area (Å²) in [7, 11) is 0. The van der Waals surface area contributed by atoms with Gasteiger partial charge in [0.25, 0.3) is 0 Å². The van der Waals surface area contributed by atoms with Crippen molar-refractivity contribution in [1.29, 1.82) is 0 Å². The number of nitrogens with zero attached hydrogens (tertiary/aromatic N) is 2. The highest BCUT2D eigenvalue weighted by atomic mass is 16.5. The van der Waals surface area contributed by atoms with Gasteiger partial charge in [0.15, 0.2) is 0 Å². The minimum Gasteiger partial charge on any atom is -0.462 e. The third-order valence-electron chi connectivity index (χ3n) is 3.65. The van der Waals surface area contributed by atoms with Crippen molar-refractivity contribution >= 4 is 11.7 Å². The lowest BCUT2D eigenvalue weighted by Crippen LogP contribution is -2.32. The Morgan fingerprint density at radius 1 is 1.25 bits per heavy atom. The van der Waals surface area contributed by atoms with Crippen molar-refractivity contribution < 1.29 is 9.53 Å². The first-order valence-corrected chi connectivity index (χ1v) is 7.16. The third kappa shape index (κ3) is 3.35. The van der Waals surface area contributed by atoms with Crippen LogP contribution in [0.3, 0.4) is 0 Å². The molecule has 0 N–H and O–H groups in total. The standard InChI is InChI=1S/C15H20N2O3/c1-2-20-15(18)12-8-10-14(11-9-12)17(16-19)13-6-4-3-5-7-13/h8-11,13H,2-7H2,1H3. The Hall–Kier alpha value is -1.91. The summed E-state index contributed by atoms with van der Waals surface area (Å²) >= 11 is 0. The van der Waals surface area contributed by atoms with Crippen molar-refractivity contribution in [2.75, 3.05) is 11.6 Å². The molecule has 0 heterocycles. The van der Waals surface area contributed by atoms with Gasteiger partial charge < -0.3 is 4.74 Å². The van der Waals surface area contributed by atoms with Gasteiger partial charge in [-0.05, 0) is 44.0 Å². The van der Waals surface area contributed by atoms with Gasteiger partial charge in [0.2, 0.25) is 0 Å². The van der Waals surface area contributed by atoms with E-state index in [0.29, 0.717) is 12.2 Å². The quantitative estimate of drug-likeness (QED) is 0.467. The van der Waals surface area contributed by atoms with Crippen molar-refractivity contribution in [3.8, 4) is 0 Å². The number of carbonyl (C=O) groups excluding carboxylic acids is 1. The number of ether oxygens (including phenoxy) is 1. The maximum atomic E-state index is 11.6. The van der Waals surface area contributed by atoms with E-state index in [0.717, 1.165) is 31.4 Å². The summed E-state index contributed by atoms with van der Waals surface area (Å²) < 4.78 is 4.93. The molecule has 0 bridgehead atoms. The lowest BCUT2D eigenvalue weighted by Gasteiger charge is -2.29. The highest BCUT2D eigenvalue weighted by Crippen LogP contribution is 2.27. The van der Waals surface area contributed by atoms with Gasteiger partial charge in [-0.3, -0.25) is 0 Å². The molecule has 5 heteroatoms. The molecule has 1 aromatic carbocycles. The van der Waals surface area contributed by atoms with Gasteiger partial charge in [-0.15, -0.1) is 4.91 Å². The van der Waals surface area contributed by atoms with E-state index in [1.165, 1.54) is 11.4 Å². The summed E-state index contributed by atoms with van der Waals surface area (Å²) in [5, 5.41) is 4.70. The predicted molar refractivity (Wildman–Crippen MR) is 77.5 cm³/mol. The van der Waals surface area contributed by atoms with Crippen LogP contribution in [-0.2, 0) is 4.74 Å². The van der Waals surface area contributed by atoms with Gasteiger partial charge in [-0.1, -0.05) is 19.3 Å². The fourth-order valence-electron chi connectivity index (χ4n) is 2.61. The SMILES string of the molecule is CCOC(=O)c1ccc(N(N=O)C2CCCCC2)cc1. The number of hydrogen-bond acceptors (Lipinski definition) is 4. The van der Waals surface area contributed by atoms with Gasteiger partial charge in [0.1, 0.15) is 0 Å². The van der Waals surface area contributed by atoms with Crippen LogP contribution >= 0.6 is 0 Å². The number of rotatable bonds is 5. The van der Waals surface area contributed by atoms with Crippen LogP contribution in [0.4, 0.5) is 5.69 Å². The Kier molecular flexibility index (Phi) is 5.09. The number of benzene rings is 1. The molecule has 0 atom stereocenters. The lowest BCUT2D eigenvalue weighted by molar-refractivity contribution is 0.0526. The first-order valence-electron chi connectivity index (χ1n) is 7.16. The van der Waals surface area contributed by atoms with Crippen LogP contribution < -0.4 is 5.01 Å². The molecule has 1 aliphatic carbocycles. The van der Waals surface area contributed by atoms with Crippen LogP contribution in [0.5, 0.6) is 0 Å². The van der Waals surface area contributed by atoms with Gasteiger partial charge >= 0.3 is 5.97 Å². The van der Waals surface area contributed by atoms with E-state index in [-0.39, 0.29) is 12.0 Å². The first-order chi connectivity index (χ1) is 9.76. The van der Waals surface area contributed by atoms with Gasteiger partial charge in [-0.25, -0.2) is 9.80 Å². The molecule has 1 aromatic rings. The van der Waals surface area contributed by atoms with Crippen LogP contribution in [0.25, 0.3) is 0 Å². The Balaban J connectivity index is 2.10. The molecule has 1 saturated carbocycles. The molecule has 108 valence electrons. The maximum absolute atomic E-state index is 11.6. The van der Waals surface area contributed by atoms with Crippen LogP contribution in [0.15, 0.2) is 29.6 Å². The molecule has 1 aliphatic rings. The largest absolute Gasteiger partial charge is 0.462 e. The maximum Gasteiger partial charge on any atom is 0.338 e. The Labute approximate surface area is 118 Å². The molecular formula is C15H20N2O3. The topological polar surface area (TPSA) is 59.0 Å². The van der Waals surface area contributed by atoms with Gasteiger partial charge in [0.05, 0.1) is 29.2 Å². The lowest BCUT2D eigenvalue weighted by atomic mass is 9.95. The molecule has 0 radical (unpaired) electrons. The predicted octanol–water partition coefficient (Wildman–Crippen LogP) is 3.68. The van der Waals surface area contributed by atoms with Crippen LogP contribution in [-0.4, -0.2) is 18.6 Å². The summed E-state index contributed by atoms with van der Waals surface area (Å²) in [6.07, 6.45) is 5.48. The summed E-state index contributed by atoms with van der Waals surface area (Å²) in [5.41, 5.74) is 1.23. The highest BCUT2D eigenvalue weighted by Gasteiger charge is 2.22. The Bertz CT molecular complexity index is 453. The molecule has 1 fully saturated rings. The van der Waals surface area contributed by atoms with Crippen molar-refractivity contribution in [2.24, 2.45) is 5.29 Å². The molecule has 0 saturated heterocycles. The molecule has 0 aromatic heterocycles. The van der Waals surface area contributed by atoms with E-state index in [2.05, 4.69) is 5.29 Å². The molecule has 0 amide bonds. The second-order valence-corrected chi connectivity index (χ2v) is 4.99. The fourth-order valence-corrected chi connectivity index (χ4v) is 2.61. The van der Waals surface area contributed by atoms with Gasteiger partial charge in [0, 0.05) is 0 Å². The number of nitroso groups, excluding NO2 is 1. The minimum atomic E-state index is -0.345. The van der Waals surface area contributed by atoms with E-state index in [1.807, 2.05) is 0 Å². The molecule has 0 spiro atoms. The Morgan fingerprint density at radius 2 is 1.90 bits per heavy atom. The Morgan fingerprint density at radius 3 is 2.45 bits per heavy atom. The molecule has 2 rings (SSSR count). The minimum absolute atomic E-state index is 0.176. The number of carbonyl (C=O) groups is 1. The summed E-state index contributed by atoms with van der Waals surface area (Å²) in [4.78, 5) is 22.7. The van der Waals surface area contributed by atoms with Gasteiger partial charge in [-0.2, -0.15) is 0 Å². The summed E-state index contributed by atoms with van der Waals surface area (Å²) in [5.74, 6) is -0.345. The number of hydrogen-bond donors (Lipinski definition) is 0. The number of esters is 1. The molecule has 0 unspecified atom stereocenters. The van der Waals surface area contributed by atoms with E-state index < -0.39 is 0 Å². The van der Waals surface area contributed by atoms with Crippen LogP contribution in [0.1, 0.15) is 49.4 Å². The normalized spacial score (nSPS) is 15.7. The van der Waals surface area contributed by atoms with E-state index >= 15 is 0 Å². The highest BCUT2D eigenvalue weighted by molar-refractivity contribution is 5.89. The third-order valence-corrected chi connectivity index (χ3v) is 3.65. The zero-order valence-corrected chi connectivity index (χ0v) is 11.7. The summed E-state index contributed by atoms with van der Waals surface area (Å²) in [6, 6.07) is 7.03. The second kappa shape index (κ2) is 7.03. The molecular weight excluding hydrogens is 256 g/mol. The van der Waals surface area contributed by atoms with Crippen molar-refractivity contribution in [1.82, 2.24) is 0 Å². The molecule has 0 aliphatic heterocycles. The van der Waals surface area contributed by atoms with E-state index in [1.54, 1.807) is 31.2 Å². The van der Waals surface area contributed by atoms with Crippen LogP contribution in [0, 0.1) is 4.91 Å². The smallest absolute Gasteiger partial charge is 0.338 e. The van der Waals surface area contributed by atoms with E-state index in [9.17, 15) is 9.70 Å².